The second kappa shape index (κ2) is 8.45. The zero-order valence-corrected chi connectivity index (χ0v) is 15.4. The maximum Gasteiger partial charge on any atom is 0.248 e. The van der Waals surface area contributed by atoms with Gasteiger partial charge >= 0.3 is 0 Å². The van der Waals surface area contributed by atoms with Crippen LogP contribution in [0, 0.1) is 5.82 Å². The number of hydrogen-bond donors (Lipinski definition) is 1. The van der Waals surface area contributed by atoms with Crippen LogP contribution in [0.15, 0.2) is 67.0 Å². The van der Waals surface area contributed by atoms with Crippen LogP contribution in [-0.2, 0) is 11.3 Å². The Labute approximate surface area is 158 Å². The van der Waals surface area contributed by atoms with Gasteiger partial charge in [0.25, 0.3) is 0 Å². The molecule has 0 atom stereocenters. The van der Waals surface area contributed by atoms with Crippen molar-refractivity contribution >= 4 is 17.7 Å². The Bertz CT molecular complexity index is 942. The molecule has 1 aromatic heterocycles. The molecule has 0 fully saturated rings. The highest BCUT2D eigenvalue weighted by molar-refractivity contribution is 6.01. The Hall–Kier alpha value is -3.21. The molecular formula is C22H22FN3O. The molecule has 5 heteroatoms. The minimum atomic E-state index is -0.273. The molecule has 0 spiro atoms. The second-order valence-corrected chi connectivity index (χ2v) is 6.66. The first-order valence-electron chi connectivity index (χ1n) is 8.86. The lowest BCUT2D eigenvalue weighted by Gasteiger charge is -2.04. The number of anilines is 1. The van der Waals surface area contributed by atoms with Crippen LogP contribution in [0.5, 0.6) is 0 Å². The van der Waals surface area contributed by atoms with Gasteiger partial charge in [-0.15, -0.1) is 0 Å². The topological polar surface area (TPSA) is 46.9 Å². The van der Waals surface area contributed by atoms with Crippen LogP contribution in [-0.4, -0.2) is 15.7 Å². The third-order valence-electron chi connectivity index (χ3n) is 4.22. The average Bonchev–Trinajstić information content (AvgIpc) is 3.09. The van der Waals surface area contributed by atoms with E-state index in [0.29, 0.717) is 23.7 Å². The van der Waals surface area contributed by atoms with E-state index in [-0.39, 0.29) is 11.7 Å². The first-order chi connectivity index (χ1) is 13.0. The summed E-state index contributed by atoms with van der Waals surface area (Å²) in [5, 5.41) is 6.92. The molecule has 1 N–H and O–H groups in total. The van der Waals surface area contributed by atoms with Crippen molar-refractivity contribution in [3.05, 3.63) is 89.5 Å². The maximum atomic E-state index is 13.7. The number of rotatable bonds is 6. The summed E-state index contributed by atoms with van der Waals surface area (Å²) in [6.07, 6.45) is 6.47. The number of benzene rings is 2. The normalized spacial score (nSPS) is 11.3. The number of amides is 1. The minimum absolute atomic E-state index is 0.242. The van der Waals surface area contributed by atoms with Gasteiger partial charge in [-0.25, -0.2) is 4.39 Å². The van der Waals surface area contributed by atoms with Gasteiger partial charge in [-0.05, 0) is 29.2 Å². The van der Waals surface area contributed by atoms with Crippen molar-refractivity contribution < 1.29 is 9.18 Å². The van der Waals surface area contributed by atoms with Crippen LogP contribution in [0.1, 0.15) is 36.5 Å². The Balaban J connectivity index is 1.58. The Kier molecular flexibility index (Phi) is 5.81. The summed E-state index contributed by atoms with van der Waals surface area (Å²) >= 11 is 0. The number of halogens is 1. The summed E-state index contributed by atoms with van der Waals surface area (Å²) < 4.78 is 15.3. The van der Waals surface area contributed by atoms with Crippen molar-refractivity contribution in [2.24, 2.45) is 0 Å². The Morgan fingerprint density at radius 2 is 1.93 bits per heavy atom. The lowest BCUT2D eigenvalue weighted by Crippen LogP contribution is -2.07. The molecule has 4 nitrogen and oxygen atoms in total. The predicted octanol–water partition coefficient (Wildman–Crippen LogP) is 4.85. The van der Waals surface area contributed by atoms with E-state index >= 15 is 0 Å². The number of hydrogen-bond acceptors (Lipinski definition) is 2. The summed E-state index contributed by atoms with van der Waals surface area (Å²) in [5.74, 6) is -0.0365. The predicted molar refractivity (Wildman–Crippen MR) is 106 cm³/mol. The second-order valence-electron chi connectivity index (χ2n) is 6.66. The van der Waals surface area contributed by atoms with E-state index < -0.39 is 0 Å². The third-order valence-corrected chi connectivity index (χ3v) is 4.22. The number of carbonyl (C=O) groups is 1. The summed E-state index contributed by atoms with van der Waals surface area (Å²) in [6, 6.07) is 14.7. The van der Waals surface area contributed by atoms with Crippen LogP contribution in [0.25, 0.3) is 6.08 Å². The SMILES string of the molecule is CC(C)c1ccc(/C=C/C(=O)Nc2cnn(Cc3ccccc3F)c2)cc1. The molecule has 0 radical (unpaired) electrons. The summed E-state index contributed by atoms with van der Waals surface area (Å²) in [6.45, 7) is 4.59. The van der Waals surface area contributed by atoms with Crippen LogP contribution in [0.4, 0.5) is 10.1 Å². The highest BCUT2D eigenvalue weighted by Crippen LogP contribution is 2.15. The maximum absolute atomic E-state index is 13.7. The fourth-order valence-corrected chi connectivity index (χ4v) is 2.66. The number of aromatic nitrogens is 2. The molecule has 3 rings (SSSR count). The van der Waals surface area contributed by atoms with Crippen LogP contribution >= 0.6 is 0 Å². The van der Waals surface area contributed by atoms with Crippen LogP contribution < -0.4 is 5.32 Å². The van der Waals surface area contributed by atoms with Gasteiger partial charge in [0.15, 0.2) is 0 Å². The van der Waals surface area contributed by atoms with Gasteiger partial charge < -0.3 is 5.32 Å². The number of nitrogens with zero attached hydrogens (tertiary/aromatic N) is 2. The molecule has 2 aromatic carbocycles. The van der Waals surface area contributed by atoms with Gasteiger partial charge in [0, 0.05) is 17.8 Å². The quantitative estimate of drug-likeness (QED) is 0.637. The van der Waals surface area contributed by atoms with Gasteiger partial charge in [0.05, 0.1) is 18.4 Å². The molecule has 0 aliphatic carbocycles. The third kappa shape index (κ3) is 5.14. The molecule has 0 bridgehead atoms. The fourth-order valence-electron chi connectivity index (χ4n) is 2.66. The Morgan fingerprint density at radius 3 is 2.63 bits per heavy atom. The first kappa shape index (κ1) is 18.6. The number of carbonyl (C=O) groups excluding carboxylic acids is 1. The van der Waals surface area contributed by atoms with E-state index in [1.54, 1.807) is 41.4 Å². The molecule has 1 amide bonds. The molecule has 27 heavy (non-hydrogen) atoms. The van der Waals surface area contributed by atoms with Crippen molar-refractivity contribution in [1.29, 1.82) is 0 Å². The monoisotopic (exact) mass is 363 g/mol. The molecule has 0 saturated heterocycles. The van der Waals surface area contributed by atoms with Crippen LogP contribution in [0.2, 0.25) is 0 Å². The van der Waals surface area contributed by atoms with Crippen molar-refractivity contribution in [3.8, 4) is 0 Å². The zero-order valence-electron chi connectivity index (χ0n) is 15.4. The van der Waals surface area contributed by atoms with Crippen molar-refractivity contribution in [3.63, 3.8) is 0 Å². The Morgan fingerprint density at radius 1 is 1.19 bits per heavy atom. The highest BCUT2D eigenvalue weighted by Gasteiger charge is 2.05. The highest BCUT2D eigenvalue weighted by atomic mass is 19.1. The van der Waals surface area contributed by atoms with Gasteiger partial charge in [0.1, 0.15) is 5.82 Å². The van der Waals surface area contributed by atoms with Crippen molar-refractivity contribution in [1.82, 2.24) is 9.78 Å². The smallest absolute Gasteiger partial charge is 0.248 e. The van der Waals surface area contributed by atoms with Crippen molar-refractivity contribution in [2.45, 2.75) is 26.3 Å². The average molecular weight is 363 g/mol. The van der Waals surface area contributed by atoms with Crippen molar-refractivity contribution in [2.75, 3.05) is 5.32 Å². The molecule has 1 heterocycles. The lowest BCUT2D eigenvalue weighted by atomic mass is 10.0. The van der Waals surface area contributed by atoms with E-state index in [4.69, 9.17) is 0 Å². The molecule has 138 valence electrons. The number of nitrogens with one attached hydrogen (secondary N) is 1. The molecule has 0 saturated carbocycles. The minimum Gasteiger partial charge on any atom is -0.320 e. The van der Waals surface area contributed by atoms with E-state index in [2.05, 4.69) is 36.4 Å². The lowest BCUT2D eigenvalue weighted by molar-refractivity contribution is -0.111. The van der Waals surface area contributed by atoms with Crippen LogP contribution in [0.3, 0.4) is 0 Å². The fraction of sp³-hybridized carbons (Fsp3) is 0.182. The van der Waals surface area contributed by atoms with E-state index in [1.165, 1.54) is 17.7 Å². The summed E-state index contributed by atoms with van der Waals surface area (Å²) in [7, 11) is 0. The largest absolute Gasteiger partial charge is 0.320 e. The first-order valence-corrected chi connectivity index (χ1v) is 8.86. The standard InChI is InChI=1S/C22H22FN3O/c1-16(2)18-10-7-17(8-11-18)9-12-22(27)25-20-13-24-26(15-20)14-19-5-3-4-6-21(19)23/h3-13,15-16H,14H2,1-2H3,(H,25,27)/b12-9+. The molecule has 0 aliphatic heterocycles. The van der Waals surface area contributed by atoms with Gasteiger partial charge in [-0.1, -0.05) is 56.3 Å². The molecule has 3 aromatic rings. The molecule has 0 unspecified atom stereocenters. The summed E-state index contributed by atoms with van der Waals surface area (Å²) in [5.41, 5.74) is 3.34. The van der Waals surface area contributed by atoms with Gasteiger partial charge in [-0.2, -0.15) is 5.10 Å². The van der Waals surface area contributed by atoms with Gasteiger partial charge in [0.2, 0.25) is 5.91 Å². The molecular weight excluding hydrogens is 341 g/mol. The molecule has 0 aliphatic rings. The zero-order chi connectivity index (χ0) is 19.2. The van der Waals surface area contributed by atoms with E-state index in [1.807, 2.05) is 12.1 Å². The van der Waals surface area contributed by atoms with E-state index in [0.717, 1.165) is 5.56 Å². The summed E-state index contributed by atoms with van der Waals surface area (Å²) in [4.78, 5) is 12.1. The van der Waals surface area contributed by atoms with E-state index in [9.17, 15) is 9.18 Å². The van der Waals surface area contributed by atoms with Gasteiger partial charge in [-0.3, -0.25) is 9.48 Å².